The van der Waals surface area contributed by atoms with Crippen molar-refractivity contribution >= 4 is 5.96 Å². The van der Waals surface area contributed by atoms with E-state index in [-0.39, 0.29) is 6.10 Å². The van der Waals surface area contributed by atoms with E-state index >= 15 is 0 Å². The number of aromatic nitrogens is 4. The van der Waals surface area contributed by atoms with Crippen molar-refractivity contribution < 1.29 is 4.74 Å². The normalized spacial score (nSPS) is 18.2. The molecular weight excluding hydrogens is 294 g/mol. The number of rotatable bonds is 5. The summed E-state index contributed by atoms with van der Waals surface area (Å²) in [5, 5.41) is 7.43. The van der Waals surface area contributed by atoms with Crippen molar-refractivity contribution in [3.05, 3.63) is 37.1 Å². The average Bonchev–Trinajstić information content (AvgIpc) is 3.25. The second-order valence-corrected chi connectivity index (χ2v) is 5.28. The Hall–Kier alpha value is -2.64. The molecular formula is C15H21N7O. The van der Waals surface area contributed by atoms with Gasteiger partial charge in [-0.25, -0.2) is 9.97 Å². The number of hydrogen-bond donors (Lipinski definition) is 1. The third kappa shape index (κ3) is 4.18. The molecule has 0 amide bonds. The number of hydrogen-bond acceptors (Lipinski definition) is 5. The molecule has 0 aromatic carbocycles. The minimum Gasteiger partial charge on any atom is -0.472 e. The van der Waals surface area contributed by atoms with Crippen LogP contribution in [0.2, 0.25) is 0 Å². The van der Waals surface area contributed by atoms with E-state index in [4.69, 9.17) is 4.74 Å². The molecule has 0 radical (unpaired) electrons. The molecule has 1 unspecified atom stereocenters. The van der Waals surface area contributed by atoms with Gasteiger partial charge >= 0.3 is 0 Å². The Morgan fingerprint density at radius 3 is 3.17 bits per heavy atom. The quantitative estimate of drug-likeness (QED) is 0.635. The van der Waals surface area contributed by atoms with Gasteiger partial charge in [0.15, 0.2) is 5.96 Å². The zero-order valence-corrected chi connectivity index (χ0v) is 13.2. The summed E-state index contributed by atoms with van der Waals surface area (Å²) in [5.41, 5.74) is 0. The van der Waals surface area contributed by atoms with Crippen molar-refractivity contribution in [1.82, 2.24) is 30.0 Å². The summed E-state index contributed by atoms with van der Waals surface area (Å²) in [4.78, 5) is 14.7. The molecule has 23 heavy (non-hydrogen) atoms. The molecule has 1 fully saturated rings. The van der Waals surface area contributed by atoms with Crippen molar-refractivity contribution in [2.24, 2.45) is 4.99 Å². The molecule has 8 heteroatoms. The Bertz CT molecular complexity index is 614. The lowest BCUT2D eigenvalue weighted by Gasteiger charge is -2.21. The fraction of sp³-hybridized carbons (Fsp3) is 0.467. The minimum atomic E-state index is 0.138. The number of guanidine groups is 1. The van der Waals surface area contributed by atoms with Crippen LogP contribution in [0.5, 0.6) is 5.88 Å². The van der Waals surface area contributed by atoms with Crippen LogP contribution in [-0.4, -0.2) is 63.4 Å². The summed E-state index contributed by atoms with van der Waals surface area (Å²) in [5.74, 6) is 1.56. The van der Waals surface area contributed by atoms with E-state index in [1.807, 2.05) is 18.2 Å². The topological polar surface area (TPSA) is 80.5 Å². The predicted molar refractivity (Wildman–Crippen MR) is 86.2 cm³/mol. The van der Waals surface area contributed by atoms with Crippen molar-refractivity contribution in [1.29, 1.82) is 0 Å². The monoisotopic (exact) mass is 315 g/mol. The van der Waals surface area contributed by atoms with Crippen LogP contribution < -0.4 is 10.1 Å². The summed E-state index contributed by atoms with van der Waals surface area (Å²) in [6, 6.07) is 5.70. The Labute approximate surface area is 135 Å². The number of nitrogens with zero attached hydrogens (tertiary/aromatic N) is 6. The first-order chi connectivity index (χ1) is 11.3. The van der Waals surface area contributed by atoms with Gasteiger partial charge in [0.2, 0.25) is 5.88 Å². The highest BCUT2D eigenvalue weighted by Crippen LogP contribution is 2.16. The van der Waals surface area contributed by atoms with E-state index < -0.39 is 0 Å². The van der Waals surface area contributed by atoms with Gasteiger partial charge in [-0.3, -0.25) is 9.67 Å². The molecule has 2 aromatic rings. The first-order valence-corrected chi connectivity index (χ1v) is 7.71. The van der Waals surface area contributed by atoms with Crippen LogP contribution >= 0.6 is 0 Å². The van der Waals surface area contributed by atoms with Crippen molar-refractivity contribution in [3.8, 4) is 5.88 Å². The summed E-state index contributed by atoms with van der Waals surface area (Å²) >= 11 is 0. The average molecular weight is 315 g/mol. The van der Waals surface area contributed by atoms with Gasteiger partial charge in [0.05, 0.1) is 13.1 Å². The summed E-state index contributed by atoms with van der Waals surface area (Å²) in [6.07, 6.45) is 6.08. The second-order valence-electron chi connectivity index (χ2n) is 5.28. The zero-order chi connectivity index (χ0) is 15.9. The smallest absolute Gasteiger partial charge is 0.213 e. The van der Waals surface area contributed by atoms with Gasteiger partial charge in [-0.1, -0.05) is 6.07 Å². The maximum atomic E-state index is 5.91. The first kappa shape index (κ1) is 15.3. The van der Waals surface area contributed by atoms with Crippen molar-refractivity contribution in [2.75, 3.05) is 26.7 Å². The van der Waals surface area contributed by atoms with Crippen LogP contribution in [-0.2, 0) is 6.54 Å². The third-order valence-electron chi connectivity index (χ3n) is 3.67. The lowest BCUT2D eigenvalue weighted by molar-refractivity contribution is 0.205. The Morgan fingerprint density at radius 2 is 2.43 bits per heavy atom. The van der Waals surface area contributed by atoms with Gasteiger partial charge in [0.1, 0.15) is 18.8 Å². The fourth-order valence-electron chi connectivity index (χ4n) is 2.57. The SMILES string of the molecule is CN=C(NCCn1cncn1)N1CCC(Oc2ccccn2)C1. The Balaban J connectivity index is 1.46. The number of nitrogens with one attached hydrogen (secondary N) is 1. The molecule has 2 aromatic heterocycles. The second kappa shape index (κ2) is 7.57. The highest BCUT2D eigenvalue weighted by Gasteiger charge is 2.26. The van der Waals surface area contributed by atoms with Gasteiger partial charge in [0.25, 0.3) is 0 Å². The summed E-state index contributed by atoms with van der Waals surface area (Å²) in [7, 11) is 1.80. The van der Waals surface area contributed by atoms with Crippen LogP contribution in [0.25, 0.3) is 0 Å². The molecule has 1 atom stereocenters. The van der Waals surface area contributed by atoms with Crippen LogP contribution in [0.3, 0.4) is 0 Å². The molecule has 1 saturated heterocycles. The fourth-order valence-corrected chi connectivity index (χ4v) is 2.57. The van der Waals surface area contributed by atoms with Crippen molar-refractivity contribution in [2.45, 2.75) is 19.1 Å². The molecule has 3 rings (SSSR count). The van der Waals surface area contributed by atoms with E-state index in [9.17, 15) is 0 Å². The van der Waals surface area contributed by atoms with Crippen LogP contribution in [0.4, 0.5) is 0 Å². The van der Waals surface area contributed by atoms with Gasteiger partial charge < -0.3 is 15.0 Å². The number of pyridine rings is 1. The lowest BCUT2D eigenvalue weighted by Crippen LogP contribution is -2.42. The highest BCUT2D eigenvalue weighted by atomic mass is 16.5. The minimum absolute atomic E-state index is 0.138. The number of likely N-dealkylation sites (tertiary alicyclic amines) is 1. The van der Waals surface area contributed by atoms with E-state index in [0.29, 0.717) is 5.88 Å². The first-order valence-electron chi connectivity index (χ1n) is 7.71. The maximum absolute atomic E-state index is 5.91. The van der Waals surface area contributed by atoms with Crippen LogP contribution in [0, 0.1) is 0 Å². The summed E-state index contributed by atoms with van der Waals surface area (Å²) < 4.78 is 7.69. The lowest BCUT2D eigenvalue weighted by atomic mass is 10.3. The number of ether oxygens (including phenoxy) is 1. The molecule has 3 heterocycles. The molecule has 1 N–H and O–H groups in total. The van der Waals surface area contributed by atoms with E-state index in [2.05, 4.69) is 30.3 Å². The van der Waals surface area contributed by atoms with Crippen LogP contribution in [0.15, 0.2) is 42.0 Å². The molecule has 122 valence electrons. The molecule has 8 nitrogen and oxygen atoms in total. The molecule has 1 aliphatic heterocycles. The molecule has 0 spiro atoms. The Morgan fingerprint density at radius 1 is 1.48 bits per heavy atom. The number of aliphatic imine (C=N–C) groups is 1. The van der Waals surface area contributed by atoms with Gasteiger partial charge in [-0.05, 0) is 6.07 Å². The predicted octanol–water partition coefficient (Wildman–Crippen LogP) is 0.402. The molecule has 0 bridgehead atoms. The van der Waals surface area contributed by atoms with E-state index in [1.54, 1.807) is 24.3 Å². The van der Waals surface area contributed by atoms with E-state index in [0.717, 1.165) is 38.6 Å². The molecule has 0 aliphatic carbocycles. The third-order valence-corrected chi connectivity index (χ3v) is 3.67. The molecule has 1 aliphatic rings. The summed E-state index contributed by atoms with van der Waals surface area (Å²) in [6.45, 7) is 3.22. The molecule has 0 saturated carbocycles. The highest BCUT2D eigenvalue weighted by molar-refractivity contribution is 5.80. The zero-order valence-electron chi connectivity index (χ0n) is 13.2. The van der Waals surface area contributed by atoms with Gasteiger partial charge in [-0.15, -0.1) is 0 Å². The maximum Gasteiger partial charge on any atom is 0.213 e. The van der Waals surface area contributed by atoms with Crippen LogP contribution in [0.1, 0.15) is 6.42 Å². The van der Waals surface area contributed by atoms with Gasteiger partial charge in [0, 0.05) is 38.8 Å². The standard InChI is InChI=1S/C15H21N7O/c1-16-15(19-7-9-22-12-17-11-20-22)21-8-5-13(10-21)23-14-4-2-3-6-18-14/h2-4,6,11-13H,5,7-10H2,1H3,(H,16,19). The van der Waals surface area contributed by atoms with Crippen molar-refractivity contribution in [3.63, 3.8) is 0 Å². The van der Waals surface area contributed by atoms with Gasteiger partial charge in [-0.2, -0.15) is 5.10 Å². The Kier molecular flexibility index (Phi) is 5.02. The largest absolute Gasteiger partial charge is 0.472 e. The van der Waals surface area contributed by atoms with E-state index in [1.165, 1.54) is 6.33 Å².